The second-order valence-corrected chi connectivity index (χ2v) is 4.44. The van der Waals surface area contributed by atoms with E-state index in [9.17, 15) is 22.4 Å². The highest BCUT2D eigenvalue weighted by Gasteiger charge is 2.55. The van der Waals surface area contributed by atoms with Crippen molar-refractivity contribution in [1.29, 1.82) is 0 Å². The van der Waals surface area contributed by atoms with Crippen LogP contribution in [0.4, 0.5) is 17.6 Å². The van der Waals surface area contributed by atoms with Crippen LogP contribution in [-0.2, 0) is 16.4 Å². The van der Waals surface area contributed by atoms with E-state index in [0.29, 0.717) is 0 Å². The Balaban J connectivity index is 2.54. The Morgan fingerprint density at radius 3 is 2.28 bits per heavy atom. The van der Waals surface area contributed by atoms with Gasteiger partial charge in [-0.1, -0.05) is 18.2 Å². The molecule has 1 fully saturated rings. The Morgan fingerprint density at radius 1 is 1.28 bits per heavy atom. The van der Waals surface area contributed by atoms with Gasteiger partial charge in [0, 0.05) is 0 Å². The topological polar surface area (TPSA) is 37.3 Å². The summed E-state index contributed by atoms with van der Waals surface area (Å²) in [6, 6.07) is 4.46. The molecule has 1 aliphatic rings. The Hall–Kier alpha value is -1.59. The Bertz CT molecular complexity index is 475. The third-order valence-electron chi connectivity index (χ3n) is 3.30. The van der Waals surface area contributed by atoms with Gasteiger partial charge in [0.15, 0.2) is 0 Å². The number of rotatable bonds is 2. The molecule has 0 saturated heterocycles. The number of benzene rings is 1. The molecule has 0 spiro atoms. The molecule has 1 N–H and O–H groups in total. The van der Waals surface area contributed by atoms with Crippen molar-refractivity contribution in [1.82, 2.24) is 0 Å². The molecule has 6 heteroatoms. The second kappa shape index (κ2) is 3.96. The minimum absolute atomic E-state index is 0.348. The van der Waals surface area contributed by atoms with Crippen LogP contribution in [0.25, 0.3) is 0 Å². The molecule has 0 aliphatic heterocycles. The summed E-state index contributed by atoms with van der Waals surface area (Å²) in [5.41, 5.74) is -3.09. The highest BCUT2D eigenvalue weighted by molar-refractivity contribution is 5.83. The van der Waals surface area contributed by atoms with E-state index in [1.807, 2.05) is 0 Å². The van der Waals surface area contributed by atoms with Crippen LogP contribution >= 0.6 is 0 Å². The number of alkyl halides is 4. The van der Waals surface area contributed by atoms with E-state index in [0.717, 1.165) is 12.1 Å². The lowest BCUT2D eigenvalue weighted by atomic mass is 9.62. The fourth-order valence-corrected chi connectivity index (χ4v) is 2.35. The van der Waals surface area contributed by atoms with Crippen molar-refractivity contribution in [3.63, 3.8) is 0 Å². The Kier molecular flexibility index (Phi) is 2.83. The first kappa shape index (κ1) is 12.9. The lowest BCUT2D eigenvalue weighted by Crippen LogP contribution is -2.50. The Labute approximate surface area is 100 Å². The Morgan fingerprint density at radius 2 is 1.83 bits per heavy atom. The van der Waals surface area contributed by atoms with Gasteiger partial charge < -0.3 is 5.11 Å². The van der Waals surface area contributed by atoms with Crippen molar-refractivity contribution >= 4 is 5.97 Å². The summed E-state index contributed by atoms with van der Waals surface area (Å²) in [4.78, 5) is 11.2. The van der Waals surface area contributed by atoms with Crippen molar-refractivity contribution in [2.75, 3.05) is 0 Å². The molecular weight excluding hydrogens is 252 g/mol. The molecule has 1 aliphatic carbocycles. The molecule has 98 valence electrons. The van der Waals surface area contributed by atoms with E-state index in [-0.39, 0.29) is 5.56 Å². The average molecular weight is 262 g/mol. The highest BCUT2D eigenvalue weighted by Crippen LogP contribution is 2.49. The van der Waals surface area contributed by atoms with E-state index < -0.39 is 42.1 Å². The molecule has 0 bridgehead atoms. The van der Waals surface area contributed by atoms with Crippen LogP contribution in [0.3, 0.4) is 0 Å². The largest absolute Gasteiger partial charge is 0.481 e. The number of halogens is 4. The van der Waals surface area contributed by atoms with Gasteiger partial charge in [-0.3, -0.25) is 4.79 Å². The first-order valence-corrected chi connectivity index (χ1v) is 5.31. The maximum atomic E-state index is 12.9. The summed E-state index contributed by atoms with van der Waals surface area (Å²) in [7, 11) is 0. The van der Waals surface area contributed by atoms with Crippen LogP contribution in [0.5, 0.6) is 0 Å². The molecule has 0 atom stereocenters. The van der Waals surface area contributed by atoms with Gasteiger partial charge >= 0.3 is 12.1 Å². The van der Waals surface area contributed by atoms with Crippen LogP contribution in [0.15, 0.2) is 24.3 Å². The number of aliphatic carboxylic acids is 1. The molecule has 0 unspecified atom stereocenters. The van der Waals surface area contributed by atoms with E-state index >= 15 is 0 Å². The maximum absolute atomic E-state index is 12.9. The second-order valence-electron chi connectivity index (χ2n) is 4.44. The first-order chi connectivity index (χ1) is 8.27. The standard InChI is InChI=1S/C12H10F4O2/c13-7-5-11(6-7,10(17)18)8-3-1-2-4-9(8)12(14,15)16/h1-4,7H,5-6H2,(H,17,18). The van der Waals surface area contributed by atoms with Gasteiger partial charge in [0.05, 0.1) is 11.0 Å². The van der Waals surface area contributed by atoms with Crippen molar-refractivity contribution in [3.8, 4) is 0 Å². The van der Waals surface area contributed by atoms with Crippen LogP contribution in [-0.4, -0.2) is 17.2 Å². The lowest BCUT2D eigenvalue weighted by Gasteiger charge is -2.41. The molecule has 2 rings (SSSR count). The van der Waals surface area contributed by atoms with Gasteiger partial charge in [0.2, 0.25) is 0 Å². The molecule has 1 aromatic carbocycles. The summed E-state index contributed by atoms with van der Waals surface area (Å²) in [6.07, 6.45) is -6.81. The van der Waals surface area contributed by atoms with Gasteiger partial charge in [-0.2, -0.15) is 13.2 Å². The molecular formula is C12H10F4O2. The molecule has 0 aromatic heterocycles. The third kappa shape index (κ3) is 1.85. The SMILES string of the molecule is O=C(O)C1(c2ccccc2C(F)(F)F)CC(F)C1. The highest BCUT2D eigenvalue weighted by atomic mass is 19.4. The number of hydrogen-bond acceptors (Lipinski definition) is 1. The predicted octanol–water partition coefficient (Wildman–Crippen LogP) is 3.16. The average Bonchev–Trinajstić information content (AvgIpc) is 2.23. The molecule has 18 heavy (non-hydrogen) atoms. The van der Waals surface area contributed by atoms with Gasteiger partial charge in [0.1, 0.15) is 6.17 Å². The number of carboxylic acids is 1. The van der Waals surface area contributed by atoms with Crippen molar-refractivity contribution < 1.29 is 27.5 Å². The summed E-state index contributed by atoms with van der Waals surface area (Å²) in [5, 5.41) is 9.11. The molecule has 1 saturated carbocycles. The van der Waals surface area contributed by atoms with Crippen LogP contribution in [0.2, 0.25) is 0 Å². The minimum Gasteiger partial charge on any atom is -0.481 e. The monoisotopic (exact) mass is 262 g/mol. The van der Waals surface area contributed by atoms with Gasteiger partial charge in [0.25, 0.3) is 0 Å². The zero-order valence-corrected chi connectivity index (χ0v) is 9.17. The number of carbonyl (C=O) groups is 1. The van der Waals surface area contributed by atoms with Gasteiger partial charge in [-0.25, -0.2) is 4.39 Å². The van der Waals surface area contributed by atoms with E-state index in [1.54, 1.807) is 0 Å². The van der Waals surface area contributed by atoms with E-state index in [2.05, 4.69) is 0 Å². The molecule has 1 aromatic rings. The molecule has 0 radical (unpaired) electrons. The molecule has 0 amide bonds. The third-order valence-corrected chi connectivity index (χ3v) is 3.30. The zero-order valence-electron chi connectivity index (χ0n) is 9.17. The van der Waals surface area contributed by atoms with Crippen molar-refractivity contribution in [3.05, 3.63) is 35.4 Å². The molecule has 2 nitrogen and oxygen atoms in total. The van der Waals surface area contributed by atoms with Gasteiger partial charge in [-0.15, -0.1) is 0 Å². The summed E-state index contributed by atoms with van der Waals surface area (Å²) in [5.74, 6) is -1.41. The summed E-state index contributed by atoms with van der Waals surface area (Å²) >= 11 is 0. The van der Waals surface area contributed by atoms with Gasteiger partial charge in [-0.05, 0) is 24.5 Å². The zero-order chi connectivity index (χ0) is 13.6. The van der Waals surface area contributed by atoms with Crippen LogP contribution in [0.1, 0.15) is 24.0 Å². The summed E-state index contributed by atoms with van der Waals surface area (Å²) in [6.45, 7) is 0. The van der Waals surface area contributed by atoms with Crippen LogP contribution < -0.4 is 0 Å². The quantitative estimate of drug-likeness (QED) is 0.831. The summed E-state index contributed by atoms with van der Waals surface area (Å²) < 4.78 is 51.4. The fraction of sp³-hybridized carbons (Fsp3) is 0.417. The number of hydrogen-bond donors (Lipinski definition) is 1. The van der Waals surface area contributed by atoms with E-state index in [1.165, 1.54) is 12.1 Å². The van der Waals surface area contributed by atoms with Crippen molar-refractivity contribution in [2.45, 2.75) is 30.6 Å². The molecule has 0 heterocycles. The number of carboxylic acid groups (broad SMARTS) is 1. The fourth-order valence-electron chi connectivity index (χ4n) is 2.35. The normalized spacial score (nSPS) is 27.7. The minimum atomic E-state index is -4.64. The van der Waals surface area contributed by atoms with Crippen molar-refractivity contribution in [2.24, 2.45) is 0 Å². The van der Waals surface area contributed by atoms with Crippen LogP contribution in [0, 0.1) is 0 Å². The van der Waals surface area contributed by atoms with E-state index in [4.69, 9.17) is 5.11 Å². The lowest BCUT2D eigenvalue weighted by molar-refractivity contribution is -0.152. The smallest absolute Gasteiger partial charge is 0.416 e. The maximum Gasteiger partial charge on any atom is 0.416 e. The first-order valence-electron chi connectivity index (χ1n) is 5.31. The predicted molar refractivity (Wildman–Crippen MR) is 54.9 cm³/mol.